The van der Waals surface area contributed by atoms with Crippen molar-refractivity contribution in [1.29, 1.82) is 0 Å². The predicted molar refractivity (Wildman–Crippen MR) is 126 cm³/mol. The van der Waals surface area contributed by atoms with Gasteiger partial charge in [-0.15, -0.1) is 0 Å². The van der Waals surface area contributed by atoms with Gasteiger partial charge in [0.2, 0.25) is 11.8 Å². The molecule has 1 atom stereocenters. The van der Waals surface area contributed by atoms with Gasteiger partial charge in [-0.1, -0.05) is 11.6 Å². The average Bonchev–Trinajstić information content (AvgIpc) is 3.05. The monoisotopic (exact) mass is 462 g/mol. The second-order valence-electron chi connectivity index (χ2n) is 8.62. The van der Waals surface area contributed by atoms with Crippen LogP contribution in [0.3, 0.4) is 0 Å². The number of rotatable bonds is 6. The third kappa shape index (κ3) is 6.23. The summed E-state index contributed by atoms with van der Waals surface area (Å²) in [7, 11) is 0. The van der Waals surface area contributed by atoms with E-state index in [1.54, 1.807) is 29.2 Å². The van der Waals surface area contributed by atoms with E-state index < -0.39 is 0 Å². The molecule has 1 aromatic carbocycles. The van der Waals surface area contributed by atoms with Crippen molar-refractivity contribution in [3.8, 4) is 0 Å². The van der Waals surface area contributed by atoms with E-state index in [2.05, 4.69) is 4.90 Å². The smallest absolute Gasteiger partial charge is 0.253 e. The van der Waals surface area contributed by atoms with Crippen LogP contribution in [0.25, 0.3) is 0 Å². The zero-order valence-corrected chi connectivity index (χ0v) is 20.0. The van der Waals surface area contributed by atoms with Gasteiger partial charge in [-0.3, -0.25) is 19.3 Å². The number of carbonyl (C=O) groups excluding carboxylic acids is 3. The fourth-order valence-corrected chi connectivity index (χ4v) is 4.74. The maximum atomic E-state index is 13.3. The van der Waals surface area contributed by atoms with E-state index in [0.717, 1.165) is 38.9 Å². The quantitative estimate of drug-likeness (QED) is 0.651. The fraction of sp³-hybridized carbons (Fsp3) is 0.625. The lowest BCUT2D eigenvalue weighted by molar-refractivity contribution is -0.136. The second-order valence-corrected chi connectivity index (χ2v) is 9.05. The minimum absolute atomic E-state index is 0.0453. The molecule has 176 valence electrons. The number of piperidine rings is 1. The van der Waals surface area contributed by atoms with Gasteiger partial charge in [0.1, 0.15) is 0 Å². The molecule has 1 unspecified atom stereocenters. The topological polar surface area (TPSA) is 64.2 Å². The minimum atomic E-state index is -0.163. The van der Waals surface area contributed by atoms with Gasteiger partial charge in [-0.25, -0.2) is 0 Å². The molecule has 2 saturated heterocycles. The molecule has 0 spiro atoms. The Kier molecular flexibility index (Phi) is 8.93. The highest BCUT2D eigenvalue weighted by Gasteiger charge is 2.32. The molecule has 2 aliphatic rings. The Morgan fingerprint density at radius 1 is 0.938 bits per heavy atom. The zero-order chi connectivity index (χ0) is 23.1. The normalized spacial score (nSPS) is 20.0. The number of nitrogens with zero attached hydrogens (tertiary/aromatic N) is 4. The molecule has 0 aliphatic carbocycles. The van der Waals surface area contributed by atoms with E-state index in [1.165, 1.54) is 0 Å². The first-order valence-electron chi connectivity index (χ1n) is 11.8. The van der Waals surface area contributed by atoms with E-state index in [-0.39, 0.29) is 23.6 Å². The lowest BCUT2D eigenvalue weighted by atomic mass is 9.95. The highest BCUT2D eigenvalue weighted by atomic mass is 35.5. The summed E-state index contributed by atoms with van der Waals surface area (Å²) in [6.45, 7) is 9.85. The summed E-state index contributed by atoms with van der Waals surface area (Å²) < 4.78 is 0. The van der Waals surface area contributed by atoms with Crippen LogP contribution in [0.15, 0.2) is 24.3 Å². The predicted octanol–water partition coefficient (Wildman–Crippen LogP) is 2.59. The highest BCUT2D eigenvalue weighted by Crippen LogP contribution is 2.22. The maximum Gasteiger partial charge on any atom is 0.253 e. The number of benzene rings is 1. The van der Waals surface area contributed by atoms with Crippen LogP contribution in [-0.2, 0) is 9.59 Å². The van der Waals surface area contributed by atoms with Crippen molar-refractivity contribution >= 4 is 29.3 Å². The number of hydrogen-bond donors (Lipinski definition) is 0. The van der Waals surface area contributed by atoms with Gasteiger partial charge < -0.3 is 14.7 Å². The van der Waals surface area contributed by atoms with Crippen LogP contribution in [0.5, 0.6) is 0 Å². The molecule has 2 fully saturated rings. The van der Waals surface area contributed by atoms with Crippen LogP contribution < -0.4 is 0 Å². The van der Waals surface area contributed by atoms with Gasteiger partial charge in [-0.2, -0.15) is 0 Å². The second kappa shape index (κ2) is 11.7. The van der Waals surface area contributed by atoms with Crippen LogP contribution >= 0.6 is 11.6 Å². The molecule has 0 radical (unpaired) electrons. The van der Waals surface area contributed by atoms with E-state index in [9.17, 15) is 14.4 Å². The number of hydrogen-bond acceptors (Lipinski definition) is 4. The van der Waals surface area contributed by atoms with Crippen LogP contribution in [0.1, 0.15) is 43.5 Å². The SMILES string of the molecule is CCN(CC)C(=O)CN1CCCN(C(=O)C2CCCN(C(=O)c3ccc(Cl)cc3)C2)CC1. The lowest BCUT2D eigenvalue weighted by Crippen LogP contribution is -2.47. The van der Waals surface area contributed by atoms with Crippen molar-refractivity contribution in [3.63, 3.8) is 0 Å². The van der Waals surface area contributed by atoms with Crippen molar-refractivity contribution in [2.24, 2.45) is 5.92 Å². The summed E-state index contributed by atoms with van der Waals surface area (Å²) in [6, 6.07) is 6.91. The molecule has 3 rings (SSSR count). The highest BCUT2D eigenvalue weighted by molar-refractivity contribution is 6.30. The van der Waals surface area contributed by atoms with Gasteiger partial charge in [-0.05, 0) is 57.4 Å². The van der Waals surface area contributed by atoms with Gasteiger partial charge in [0.15, 0.2) is 0 Å². The van der Waals surface area contributed by atoms with Crippen molar-refractivity contribution in [2.45, 2.75) is 33.1 Å². The van der Waals surface area contributed by atoms with Gasteiger partial charge in [0, 0.05) is 62.9 Å². The zero-order valence-electron chi connectivity index (χ0n) is 19.3. The summed E-state index contributed by atoms with van der Waals surface area (Å²) in [5.41, 5.74) is 0.603. The molecule has 0 N–H and O–H groups in total. The number of likely N-dealkylation sites (N-methyl/N-ethyl adjacent to an activating group) is 1. The number of halogens is 1. The summed E-state index contributed by atoms with van der Waals surface area (Å²) in [5, 5.41) is 0.599. The summed E-state index contributed by atoms with van der Waals surface area (Å²) in [5.74, 6) is 0.0777. The Bertz CT molecular complexity index is 797. The van der Waals surface area contributed by atoms with Crippen molar-refractivity contribution < 1.29 is 14.4 Å². The molecule has 0 aromatic heterocycles. The van der Waals surface area contributed by atoms with E-state index >= 15 is 0 Å². The Balaban J connectivity index is 1.54. The minimum Gasteiger partial charge on any atom is -0.342 e. The van der Waals surface area contributed by atoms with E-state index in [4.69, 9.17) is 11.6 Å². The first-order chi connectivity index (χ1) is 15.4. The third-order valence-electron chi connectivity index (χ3n) is 6.52. The Labute approximate surface area is 196 Å². The summed E-state index contributed by atoms with van der Waals surface area (Å²) in [4.78, 5) is 46.3. The molecule has 8 heteroatoms. The molecule has 2 heterocycles. The summed E-state index contributed by atoms with van der Waals surface area (Å²) >= 11 is 5.93. The average molecular weight is 463 g/mol. The fourth-order valence-electron chi connectivity index (χ4n) is 4.61. The number of likely N-dealkylation sites (tertiary alicyclic amines) is 1. The van der Waals surface area contributed by atoms with Crippen molar-refractivity contribution in [1.82, 2.24) is 19.6 Å². The molecule has 7 nitrogen and oxygen atoms in total. The van der Waals surface area contributed by atoms with Crippen molar-refractivity contribution in [3.05, 3.63) is 34.9 Å². The van der Waals surface area contributed by atoms with Gasteiger partial charge in [0.25, 0.3) is 5.91 Å². The molecular weight excluding hydrogens is 428 g/mol. The first kappa shape index (κ1) is 24.5. The summed E-state index contributed by atoms with van der Waals surface area (Å²) in [6.07, 6.45) is 2.50. The first-order valence-corrected chi connectivity index (χ1v) is 12.1. The molecule has 32 heavy (non-hydrogen) atoms. The molecule has 2 aliphatic heterocycles. The van der Waals surface area contributed by atoms with E-state index in [0.29, 0.717) is 49.9 Å². The third-order valence-corrected chi connectivity index (χ3v) is 6.78. The lowest BCUT2D eigenvalue weighted by Gasteiger charge is -2.35. The van der Waals surface area contributed by atoms with E-state index in [1.807, 2.05) is 23.6 Å². The molecular formula is C24H35ClN4O3. The van der Waals surface area contributed by atoms with Crippen LogP contribution in [0.2, 0.25) is 5.02 Å². The number of amides is 3. The van der Waals surface area contributed by atoms with Gasteiger partial charge >= 0.3 is 0 Å². The largest absolute Gasteiger partial charge is 0.342 e. The molecule has 0 bridgehead atoms. The Hall–Kier alpha value is -2.12. The maximum absolute atomic E-state index is 13.3. The molecule has 3 amide bonds. The van der Waals surface area contributed by atoms with Crippen molar-refractivity contribution in [2.75, 3.05) is 58.9 Å². The van der Waals surface area contributed by atoms with Crippen LogP contribution in [0, 0.1) is 5.92 Å². The van der Waals surface area contributed by atoms with Gasteiger partial charge in [0.05, 0.1) is 12.5 Å². The number of carbonyl (C=O) groups is 3. The Morgan fingerprint density at radius 3 is 2.31 bits per heavy atom. The Morgan fingerprint density at radius 2 is 1.62 bits per heavy atom. The van der Waals surface area contributed by atoms with Crippen LogP contribution in [0.4, 0.5) is 0 Å². The van der Waals surface area contributed by atoms with Crippen LogP contribution in [-0.4, -0.2) is 96.2 Å². The molecule has 1 aromatic rings. The molecule has 0 saturated carbocycles. The standard InChI is InChI=1S/C24H35ClN4O3/c1-3-27(4-2)22(30)18-26-12-6-14-28(16-15-26)24(32)20-7-5-13-29(17-20)23(31)19-8-10-21(25)11-9-19/h8-11,20H,3-7,12-18H2,1-2H3.